The van der Waals surface area contributed by atoms with Crippen LogP contribution in [-0.2, 0) is 12.8 Å². The average Bonchev–Trinajstić information content (AvgIpc) is 3.17. The van der Waals surface area contributed by atoms with Gasteiger partial charge in [0, 0.05) is 4.88 Å². The highest BCUT2D eigenvalue weighted by molar-refractivity contribution is 7.19. The molecule has 0 unspecified atom stereocenters. The second kappa shape index (κ2) is 6.09. The Balaban J connectivity index is 1.61. The topological polar surface area (TPSA) is 79.6 Å². The molecule has 6 nitrogen and oxygen atoms in total. The number of methoxy groups -OCH3 is 1. The van der Waals surface area contributed by atoms with Gasteiger partial charge in [0.1, 0.15) is 11.2 Å². The molecule has 122 valence electrons. The lowest BCUT2D eigenvalue weighted by atomic mass is 10.2. The molecule has 7 heteroatoms. The maximum Gasteiger partial charge on any atom is 0.161 e. The summed E-state index contributed by atoms with van der Waals surface area (Å²) in [5, 5.41) is 15.0. The number of aromatic nitrogens is 2. The Morgan fingerprint density at radius 1 is 1.33 bits per heavy atom. The third kappa shape index (κ3) is 2.56. The molecular weight excluding hydrogens is 324 g/mol. The molecule has 3 aromatic rings. The van der Waals surface area contributed by atoms with Crippen molar-refractivity contribution in [2.45, 2.75) is 19.3 Å². The molecule has 1 aromatic carbocycles. The summed E-state index contributed by atoms with van der Waals surface area (Å²) < 4.78 is 5.10. The highest BCUT2D eigenvalue weighted by atomic mass is 32.1. The molecule has 0 saturated carbocycles. The van der Waals surface area contributed by atoms with Crippen LogP contribution in [0.5, 0.6) is 11.5 Å². The second-order valence-electron chi connectivity index (χ2n) is 5.56. The highest BCUT2D eigenvalue weighted by Gasteiger charge is 2.20. The zero-order valence-corrected chi connectivity index (χ0v) is 13.9. The Morgan fingerprint density at radius 3 is 3.12 bits per heavy atom. The number of phenols is 1. The standard InChI is InChI=1S/C17H16N4O2S/c1-23-13-7-10(5-6-12(13)22)8-20-21-16-15-11-3-2-4-14(11)24-17(15)19-9-18-16/h5-9,22H,2-4H2,1H3,(H,18,19,21)/b20-8+. The van der Waals surface area contributed by atoms with E-state index in [0.717, 1.165) is 34.4 Å². The number of aromatic hydroxyl groups is 1. The van der Waals surface area contributed by atoms with E-state index in [1.54, 1.807) is 42.1 Å². The van der Waals surface area contributed by atoms with Gasteiger partial charge in [0.25, 0.3) is 0 Å². The third-order valence-electron chi connectivity index (χ3n) is 4.09. The van der Waals surface area contributed by atoms with Crippen LogP contribution in [0.3, 0.4) is 0 Å². The predicted molar refractivity (Wildman–Crippen MR) is 95.3 cm³/mol. The summed E-state index contributed by atoms with van der Waals surface area (Å²) in [6.45, 7) is 0. The van der Waals surface area contributed by atoms with Crippen molar-refractivity contribution in [2.75, 3.05) is 12.5 Å². The Labute approximate surface area is 142 Å². The molecule has 2 aromatic heterocycles. The van der Waals surface area contributed by atoms with Crippen LogP contribution < -0.4 is 10.2 Å². The summed E-state index contributed by atoms with van der Waals surface area (Å²) in [5.41, 5.74) is 5.20. The number of rotatable bonds is 4. The molecule has 0 saturated heterocycles. The van der Waals surface area contributed by atoms with Crippen LogP contribution in [0.1, 0.15) is 22.4 Å². The molecule has 1 aliphatic carbocycles. The molecule has 0 radical (unpaired) electrons. The smallest absolute Gasteiger partial charge is 0.161 e. The Kier molecular flexibility index (Phi) is 3.78. The number of fused-ring (bicyclic) bond motifs is 3. The van der Waals surface area contributed by atoms with E-state index in [-0.39, 0.29) is 5.75 Å². The summed E-state index contributed by atoms with van der Waals surface area (Å²) in [4.78, 5) is 11.1. The number of hydrogen-bond acceptors (Lipinski definition) is 7. The van der Waals surface area contributed by atoms with Gasteiger partial charge in [0.2, 0.25) is 0 Å². The van der Waals surface area contributed by atoms with Crippen LogP contribution in [0.15, 0.2) is 29.6 Å². The lowest BCUT2D eigenvalue weighted by Gasteiger charge is -2.04. The average molecular weight is 340 g/mol. The fourth-order valence-corrected chi connectivity index (χ4v) is 4.18. The van der Waals surface area contributed by atoms with E-state index < -0.39 is 0 Å². The number of hydrazone groups is 1. The largest absolute Gasteiger partial charge is 0.504 e. The minimum absolute atomic E-state index is 0.106. The lowest BCUT2D eigenvalue weighted by Crippen LogP contribution is -1.96. The maximum atomic E-state index is 9.62. The van der Waals surface area contributed by atoms with Crippen molar-refractivity contribution in [3.8, 4) is 11.5 Å². The van der Waals surface area contributed by atoms with Gasteiger partial charge in [-0.15, -0.1) is 11.3 Å². The van der Waals surface area contributed by atoms with E-state index >= 15 is 0 Å². The third-order valence-corrected chi connectivity index (χ3v) is 5.29. The van der Waals surface area contributed by atoms with Gasteiger partial charge in [0.05, 0.1) is 18.7 Å². The van der Waals surface area contributed by atoms with Crippen molar-refractivity contribution in [2.24, 2.45) is 5.10 Å². The van der Waals surface area contributed by atoms with E-state index in [4.69, 9.17) is 4.74 Å². The summed E-state index contributed by atoms with van der Waals surface area (Å²) in [6, 6.07) is 5.06. The molecule has 0 amide bonds. The van der Waals surface area contributed by atoms with Crippen molar-refractivity contribution < 1.29 is 9.84 Å². The van der Waals surface area contributed by atoms with Crippen LogP contribution in [0, 0.1) is 0 Å². The van der Waals surface area contributed by atoms with E-state index in [1.165, 1.54) is 24.0 Å². The minimum Gasteiger partial charge on any atom is -0.504 e. The summed E-state index contributed by atoms with van der Waals surface area (Å²) in [7, 11) is 1.52. The van der Waals surface area contributed by atoms with Gasteiger partial charge in [-0.3, -0.25) is 5.43 Å². The van der Waals surface area contributed by atoms with E-state index in [2.05, 4.69) is 20.5 Å². The lowest BCUT2D eigenvalue weighted by molar-refractivity contribution is 0.373. The summed E-state index contributed by atoms with van der Waals surface area (Å²) in [6.07, 6.45) is 6.64. The number of nitrogens with one attached hydrogen (secondary N) is 1. The summed E-state index contributed by atoms with van der Waals surface area (Å²) >= 11 is 1.75. The van der Waals surface area contributed by atoms with Gasteiger partial charge < -0.3 is 9.84 Å². The highest BCUT2D eigenvalue weighted by Crippen LogP contribution is 2.38. The molecule has 0 aliphatic heterocycles. The van der Waals surface area contributed by atoms with Crippen molar-refractivity contribution in [1.82, 2.24) is 9.97 Å². The van der Waals surface area contributed by atoms with Crippen molar-refractivity contribution >= 4 is 33.6 Å². The zero-order valence-electron chi connectivity index (χ0n) is 13.1. The number of benzene rings is 1. The van der Waals surface area contributed by atoms with Gasteiger partial charge in [-0.05, 0) is 48.6 Å². The number of thiophene rings is 1. The van der Waals surface area contributed by atoms with Crippen LogP contribution >= 0.6 is 11.3 Å². The Hall–Kier alpha value is -2.67. The minimum atomic E-state index is 0.106. The number of ether oxygens (including phenoxy) is 1. The number of phenolic OH excluding ortho intramolecular Hbond substituents is 1. The monoisotopic (exact) mass is 340 g/mol. The Morgan fingerprint density at radius 2 is 2.25 bits per heavy atom. The molecule has 4 rings (SSSR count). The first-order valence-corrected chi connectivity index (χ1v) is 8.49. The van der Waals surface area contributed by atoms with Gasteiger partial charge in [-0.25, -0.2) is 9.97 Å². The van der Waals surface area contributed by atoms with Crippen LogP contribution in [0.2, 0.25) is 0 Å². The first kappa shape index (κ1) is 14.9. The van der Waals surface area contributed by atoms with Crippen LogP contribution in [0.25, 0.3) is 10.2 Å². The number of hydrogen-bond donors (Lipinski definition) is 2. The molecule has 1 aliphatic rings. The van der Waals surface area contributed by atoms with Crippen LogP contribution in [0.4, 0.5) is 5.82 Å². The molecular formula is C17H16N4O2S. The number of aryl methyl sites for hydroxylation is 2. The normalized spacial score (nSPS) is 13.5. The van der Waals surface area contributed by atoms with Crippen molar-refractivity contribution in [3.63, 3.8) is 0 Å². The van der Waals surface area contributed by atoms with Crippen LogP contribution in [-0.4, -0.2) is 28.4 Å². The first-order valence-electron chi connectivity index (χ1n) is 7.67. The van der Waals surface area contributed by atoms with E-state index in [1.807, 2.05) is 0 Å². The molecule has 2 heterocycles. The Bertz CT molecular complexity index is 936. The van der Waals surface area contributed by atoms with Gasteiger partial charge in [-0.2, -0.15) is 5.10 Å². The van der Waals surface area contributed by atoms with E-state index in [9.17, 15) is 5.11 Å². The summed E-state index contributed by atoms with van der Waals surface area (Å²) in [5.74, 6) is 1.26. The number of anilines is 1. The quantitative estimate of drug-likeness (QED) is 0.562. The maximum absolute atomic E-state index is 9.62. The molecule has 0 bridgehead atoms. The predicted octanol–water partition coefficient (Wildman–Crippen LogP) is 3.34. The van der Waals surface area contributed by atoms with Crippen molar-refractivity contribution in [3.05, 3.63) is 40.5 Å². The molecule has 0 fully saturated rings. The zero-order chi connectivity index (χ0) is 16.5. The fraction of sp³-hybridized carbons (Fsp3) is 0.235. The van der Waals surface area contributed by atoms with Crippen molar-refractivity contribution in [1.29, 1.82) is 0 Å². The fourth-order valence-electron chi connectivity index (χ4n) is 2.96. The molecule has 0 atom stereocenters. The number of nitrogens with zero attached hydrogens (tertiary/aromatic N) is 3. The molecule has 24 heavy (non-hydrogen) atoms. The van der Waals surface area contributed by atoms with Gasteiger partial charge in [0.15, 0.2) is 17.3 Å². The molecule has 2 N–H and O–H groups in total. The van der Waals surface area contributed by atoms with Gasteiger partial charge >= 0.3 is 0 Å². The second-order valence-corrected chi connectivity index (χ2v) is 6.64. The SMILES string of the molecule is COc1cc(/C=N/Nc2ncnc3sc4c(c23)CCC4)ccc1O. The molecule has 0 spiro atoms. The first-order chi connectivity index (χ1) is 11.8. The van der Waals surface area contributed by atoms with E-state index in [0.29, 0.717) is 5.75 Å². The van der Waals surface area contributed by atoms with Gasteiger partial charge in [-0.1, -0.05) is 0 Å².